The maximum atomic E-state index is 13.2. The van der Waals surface area contributed by atoms with E-state index in [0.29, 0.717) is 12.3 Å². The number of benzene rings is 2. The van der Waals surface area contributed by atoms with E-state index >= 15 is 0 Å². The van der Waals surface area contributed by atoms with Gasteiger partial charge in [0.2, 0.25) is 5.91 Å². The van der Waals surface area contributed by atoms with Crippen LogP contribution >= 0.6 is 0 Å². The van der Waals surface area contributed by atoms with Crippen LogP contribution in [0.1, 0.15) is 53.9 Å². The van der Waals surface area contributed by atoms with Crippen LogP contribution in [-0.2, 0) is 11.3 Å². The maximum Gasteiger partial charge on any atom is 0.220 e. The first-order chi connectivity index (χ1) is 17.7. The quantitative estimate of drug-likeness (QED) is 0.336. The summed E-state index contributed by atoms with van der Waals surface area (Å²) in [5.41, 5.74) is 5.91. The normalized spacial score (nSPS) is 15.1. The van der Waals surface area contributed by atoms with E-state index in [9.17, 15) is 4.79 Å². The van der Waals surface area contributed by atoms with Crippen molar-refractivity contribution < 1.29 is 4.79 Å². The van der Waals surface area contributed by atoms with Crippen LogP contribution in [0.4, 0.5) is 0 Å². The molecular formula is C31H36N4O. The van der Waals surface area contributed by atoms with Crippen LogP contribution in [0.2, 0.25) is 0 Å². The summed E-state index contributed by atoms with van der Waals surface area (Å²) in [5, 5.41) is 7.81. The number of nitrogens with one attached hydrogen (secondary N) is 2. The fourth-order valence-corrected chi connectivity index (χ4v) is 5.49. The van der Waals surface area contributed by atoms with Crippen LogP contribution in [0.15, 0.2) is 79.3 Å². The highest BCUT2D eigenvalue weighted by Gasteiger charge is 2.23. The minimum Gasteiger partial charge on any atom is -0.356 e. The summed E-state index contributed by atoms with van der Waals surface area (Å²) in [6.07, 6.45) is 9.93. The molecular weight excluding hydrogens is 444 g/mol. The number of carbonyl (C=O) groups excluding carboxylic acids is 1. The molecule has 1 aliphatic rings. The fraction of sp³-hybridized carbons (Fsp3) is 0.355. The van der Waals surface area contributed by atoms with Gasteiger partial charge in [-0.3, -0.25) is 9.78 Å². The second-order valence-corrected chi connectivity index (χ2v) is 10.1. The van der Waals surface area contributed by atoms with E-state index in [0.717, 1.165) is 43.5 Å². The summed E-state index contributed by atoms with van der Waals surface area (Å²) >= 11 is 0. The van der Waals surface area contributed by atoms with Crippen molar-refractivity contribution in [1.29, 1.82) is 0 Å². The molecule has 1 fully saturated rings. The van der Waals surface area contributed by atoms with Crippen molar-refractivity contribution in [3.05, 3.63) is 102 Å². The van der Waals surface area contributed by atoms with Gasteiger partial charge in [-0.25, -0.2) is 0 Å². The lowest BCUT2D eigenvalue weighted by Crippen LogP contribution is -2.31. The molecule has 2 N–H and O–H groups in total. The van der Waals surface area contributed by atoms with E-state index in [2.05, 4.69) is 87.9 Å². The van der Waals surface area contributed by atoms with E-state index in [4.69, 9.17) is 0 Å². The number of nitrogens with zero attached hydrogens (tertiary/aromatic N) is 2. The third kappa shape index (κ3) is 5.85. The summed E-state index contributed by atoms with van der Waals surface area (Å²) in [5.74, 6) is 0.807. The molecule has 1 saturated heterocycles. The minimum absolute atomic E-state index is 0.0225. The van der Waals surface area contributed by atoms with E-state index in [-0.39, 0.29) is 11.8 Å². The molecule has 0 bridgehead atoms. The van der Waals surface area contributed by atoms with Crippen LogP contribution in [0.5, 0.6) is 0 Å². The van der Waals surface area contributed by atoms with Gasteiger partial charge in [-0.2, -0.15) is 0 Å². The van der Waals surface area contributed by atoms with Crippen molar-refractivity contribution in [2.75, 3.05) is 19.6 Å². The van der Waals surface area contributed by atoms with Gasteiger partial charge < -0.3 is 15.2 Å². The topological polar surface area (TPSA) is 59.0 Å². The average molecular weight is 481 g/mol. The van der Waals surface area contributed by atoms with Crippen LogP contribution in [0.3, 0.4) is 0 Å². The third-order valence-electron chi connectivity index (χ3n) is 7.45. The van der Waals surface area contributed by atoms with Crippen molar-refractivity contribution in [1.82, 2.24) is 20.2 Å². The molecule has 1 aliphatic heterocycles. The molecule has 3 heterocycles. The standard InChI is InChI=1S/C31H36N4O/c1-23-6-5-9-26(18-23)28(19-31(36)34-17-12-24-10-14-32-15-11-24)29-22-35(21-25-7-3-2-4-8-25)30-20-33-16-13-27(29)30/h2-9,13,16,18,20,22,24,28,32H,10-12,14-15,17,19,21H2,1H3,(H,34,36). The van der Waals surface area contributed by atoms with Crippen LogP contribution in [0.25, 0.3) is 10.9 Å². The van der Waals surface area contributed by atoms with Crippen LogP contribution < -0.4 is 10.6 Å². The van der Waals surface area contributed by atoms with Gasteiger partial charge in [0.05, 0.1) is 11.7 Å². The molecule has 5 rings (SSSR count). The number of aromatic nitrogens is 2. The molecule has 5 heteroatoms. The number of fused-ring (bicyclic) bond motifs is 1. The smallest absolute Gasteiger partial charge is 0.220 e. The predicted molar refractivity (Wildman–Crippen MR) is 146 cm³/mol. The monoisotopic (exact) mass is 480 g/mol. The summed E-state index contributed by atoms with van der Waals surface area (Å²) in [6, 6.07) is 21.2. The Morgan fingerprint density at radius 1 is 1.11 bits per heavy atom. The zero-order chi connectivity index (χ0) is 24.7. The number of hydrogen-bond donors (Lipinski definition) is 2. The van der Waals surface area contributed by atoms with Gasteiger partial charge in [0, 0.05) is 43.2 Å². The zero-order valence-corrected chi connectivity index (χ0v) is 21.1. The number of carbonyl (C=O) groups is 1. The Bertz CT molecular complexity index is 1290. The Hall–Kier alpha value is -3.44. The first-order valence-corrected chi connectivity index (χ1v) is 13.2. The molecule has 0 aliphatic carbocycles. The van der Waals surface area contributed by atoms with Crippen LogP contribution in [0, 0.1) is 12.8 Å². The number of hydrogen-bond acceptors (Lipinski definition) is 3. The number of aryl methyl sites for hydroxylation is 1. The number of rotatable bonds is 9. The summed E-state index contributed by atoms with van der Waals surface area (Å²) in [6.45, 7) is 5.82. The van der Waals surface area contributed by atoms with Crippen LogP contribution in [-0.4, -0.2) is 35.1 Å². The summed E-state index contributed by atoms with van der Waals surface area (Å²) < 4.78 is 2.27. The van der Waals surface area contributed by atoms with Gasteiger partial charge in [-0.15, -0.1) is 0 Å². The molecule has 5 nitrogen and oxygen atoms in total. The average Bonchev–Trinajstić information content (AvgIpc) is 3.26. The second kappa shape index (κ2) is 11.5. The highest BCUT2D eigenvalue weighted by Crippen LogP contribution is 2.35. The Balaban J connectivity index is 1.41. The summed E-state index contributed by atoms with van der Waals surface area (Å²) in [7, 11) is 0. The van der Waals surface area contributed by atoms with Crippen molar-refractivity contribution in [3.63, 3.8) is 0 Å². The molecule has 2 aromatic heterocycles. The van der Waals surface area contributed by atoms with E-state index < -0.39 is 0 Å². The van der Waals surface area contributed by atoms with Gasteiger partial charge in [0.15, 0.2) is 0 Å². The third-order valence-corrected chi connectivity index (χ3v) is 7.45. The van der Waals surface area contributed by atoms with Crippen molar-refractivity contribution in [2.24, 2.45) is 5.92 Å². The lowest BCUT2D eigenvalue weighted by atomic mass is 9.87. The predicted octanol–water partition coefficient (Wildman–Crippen LogP) is 5.42. The van der Waals surface area contributed by atoms with Gasteiger partial charge in [-0.1, -0.05) is 60.2 Å². The molecule has 4 aromatic rings. The molecule has 0 spiro atoms. The Morgan fingerprint density at radius 3 is 2.75 bits per heavy atom. The van der Waals surface area contributed by atoms with Gasteiger partial charge >= 0.3 is 0 Å². The first kappa shape index (κ1) is 24.3. The second-order valence-electron chi connectivity index (χ2n) is 10.1. The first-order valence-electron chi connectivity index (χ1n) is 13.2. The van der Waals surface area contributed by atoms with Gasteiger partial charge in [-0.05, 0) is 68.0 Å². The number of pyridine rings is 1. The zero-order valence-electron chi connectivity index (χ0n) is 21.1. The Morgan fingerprint density at radius 2 is 1.94 bits per heavy atom. The minimum atomic E-state index is -0.0225. The Labute approximate surface area is 214 Å². The van der Waals surface area contributed by atoms with E-state index in [1.54, 1.807) is 0 Å². The highest BCUT2D eigenvalue weighted by atomic mass is 16.1. The molecule has 1 amide bonds. The molecule has 0 saturated carbocycles. The lowest BCUT2D eigenvalue weighted by Gasteiger charge is -2.23. The fourth-order valence-electron chi connectivity index (χ4n) is 5.49. The van der Waals surface area contributed by atoms with Crippen molar-refractivity contribution in [2.45, 2.75) is 45.1 Å². The van der Waals surface area contributed by atoms with E-state index in [1.165, 1.54) is 35.1 Å². The number of piperidine rings is 1. The van der Waals surface area contributed by atoms with Crippen molar-refractivity contribution >= 4 is 16.8 Å². The SMILES string of the molecule is Cc1cccc(C(CC(=O)NCCC2CCNCC2)c2cn(Cc3ccccc3)c3cnccc23)c1. The molecule has 1 unspecified atom stereocenters. The van der Waals surface area contributed by atoms with E-state index in [1.807, 2.05) is 18.5 Å². The van der Waals surface area contributed by atoms with Gasteiger partial charge in [0.1, 0.15) is 0 Å². The Kier molecular flexibility index (Phi) is 7.77. The summed E-state index contributed by atoms with van der Waals surface area (Å²) in [4.78, 5) is 17.6. The maximum absolute atomic E-state index is 13.2. The van der Waals surface area contributed by atoms with Crippen molar-refractivity contribution in [3.8, 4) is 0 Å². The lowest BCUT2D eigenvalue weighted by molar-refractivity contribution is -0.121. The molecule has 36 heavy (non-hydrogen) atoms. The molecule has 1 atom stereocenters. The molecule has 186 valence electrons. The molecule has 0 radical (unpaired) electrons. The highest BCUT2D eigenvalue weighted by molar-refractivity contribution is 5.86. The van der Waals surface area contributed by atoms with Gasteiger partial charge in [0.25, 0.3) is 0 Å². The number of amides is 1. The largest absolute Gasteiger partial charge is 0.356 e. The molecule has 2 aromatic carbocycles.